The van der Waals surface area contributed by atoms with Crippen LogP contribution in [0.3, 0.4) is 0 Å². The fourth-order valence-corrected chi connectivity index (χ4v) is 0.540. The number of hydrogen-bond donors (Lipinski definition) is 1. The number of alkyl halides is 1. The Balaban J connectivity index is 2.33. The molecule has 1 atom stereocenters. The van der Waals surface area contributed by atoms with E-state index in [1.54, 1.807) is 0 Å². The van der Waals surface area contributed by atoms with Crippen molar-refractivity contribution in [3.8, 4) is 0 Å². The summed E-state index contributed by atoms with van der Waals surface area (Å²) in [5.41, 5.74) is 0. The van der Waals surface area contributed by atoms with E-state index in [4.69, 9.17) is 0 Å². The monoisotopic (exact) mass is 106 g/mol. The van der Waals surface area contributed by atoms with Crippen LogP contribution in [0.2, 0.25) is 0 Å². The van der Waals surface area contributed by atoms with Gasteiger partial charge in [-0.2, -0.15) is 0 Å². The van der Waals surface area contributed by atoms with E-state index in [1.165, 1.54) is 0 Å². The Morgan fingerprint density at radius 3 is 2.57 bits per heavy atom. The van der Waals surface area contributed by atoms with E-state index in [0.29, 0.717) is 0 Å². The second kappa shape index (κ2) is 1.74. The van der Waals surface area contributed by atoms with Gasteiger partial charge in [-0.15, -0.1) is 0 Å². The maximum absolute atomic E-state index is 11.8. The second-order valence-corrected chi connectivity index (χ2v) is 1.55. The SMILES string of the molecule is F[C]1CNCC1F. The van der Waals surface area contributed by atoms with Gasteiger partial charge in [0.25, 0.3) is 0 Å². The highest BCUT2D eigenvalue weighted by molar-refractivity contribution is 4.95. The van der Waals surface area contributed by atoms with Gasteiger partial charge in [-0.25, -0.2) is 8.78 Å². The van der Waals surface area contributed by atoms with Crippen LogP contribution >= 0.6 is 0 Å². The van der Waals surface area contributed by atoms with E-state index < -0.39 is 12.3 Å². The first-order valence-electron chi connectivity index (χ1n) is 2.16. The van der Waals surface area contributed by atoms with E-state index in [1.807, 2.05) is 0 Å². The van der Waals surface area contributed by atoms with Gasteiger partial charge in [0.2, 0.25) is 0 Å². The van der Waals surface area contributed by atoms with E-state index in [9.17, 15) is 8.78 Å². The second-order valence-electron chi connectivity index (χ2n) is 1.55. The molecule has 1 radical (unpaired) electrons. The summed E-state index contributed by atoms with van der Waals surface area (Å²) < 4.78 is 23.6. The van der Waals surface area contributed by atoms with Gasteiger partial charge in [-0.3, -0.25) is 0 Å². The average Bonchev–Trinajstić information content (AvgIpc) is 1.91. The highest BCUT2D eigenvalue weighted by Gasteiger charge is 2.26. The van der Waals surface area contributed by atoms with Crippen LogP contribution in [0.1, 0.15) is 0 Å². The van der Waals surface area contributed by atoms with E-state index in [2.05, 4.69) is 5.32 Å². The molecule has 7 heavy (non-hydrogen) atoms. The number of hydrogen-bond acceptors (Lipinski definition) is 1. The molecular weight excluding hydrogens is 100 g/mol. The van der Waals surface area contributed by atoms with Crippen molar-refractivity contribution in [3.63, 3.8) is 0 Å². The first-order chi connectivity index (χ1) is 3.30. The summed E-state index contributed by atoms with van der Waals surface area (Å²) >= 11 is 0. The van der Waals surface area contributed by atoms with Gasteiger partial charge in [-0.05, 0) is 0 Å². The van der Waals surface area contributed by atoms with Crippen LogP contribution in [0.4, 0.5) is 8.78 Å². The first kappa shape index (κ1) is 4.97. The van der Waals surface area contributed by atoms with Gasteiger partial charge >= 0.3 is 0 Å². The van der Waals surface area contributed by atoms with Crippen molar-refractivity contribution < 1.29 is 8.78 Å². The molecule has 1 N–H and O–H groups in total. The van der Waals surface area contributed by atoms with Crippen LogP contribution in [0, 0.1) is 6.17 Å². The van der Waals surface area contributed by atoms with Gasteiger partial charge in [0.15, 0.2) is 12.3 Å². The molecule has 0 bridgehead atoms. The largest absolute Gasteiger partial charge is 0.310 e. The Labute approximate surface area is 40.7 Å². The lowest BCUT2D eigenvalue weighted by atomic mass is 10.3. The maximum atomic E-state index is 11.8. The quantitative estimate of drug-likeness (QED) is 0.472. The molecule has 0 spiro atoms. The van der Waals surface area contributed by atoms with Crippen molar-refractivity contribution in [1.82, 2.24) is 5.32 Å². The Bertz CT molecular complexity index is 58.7. The number of nitrogens with one attached hydrogen (secondary N) is 1. The number of rotatable bonds is 0. The molecule has 3 heteroatoms. The summed E-state index contributed by atoms with van der Waals surface area (Å²) in [6.07, 6.45) is -1.92. The summed E-state index contributed by atoms with van der Waals surface area (Å²) in [5.74, 6) is 0. The van der Waals surface area contributed by atoms with Crippen molar-refractivity contribution in [3.05, 3.63) is 6.17 Å². The molecule has 1 heterocycles. The van der Waals surface area contributed by atoms with E-state index >= 15 is 0 Å². The van der Waals surface area contributed by atoms with Gasteiger partial charge in [0.1, 0.15) is 0 Å². The highest BCUT2D eigenvalue weighted by atomic mass is 19.2. The summed E-state index contributed by atoms with van der Waals surface area (Å²) in [4.78, 5) is 0. The van der Waals surface area contributed by atoms with Crippen LogP contribution < -0.4 is 5.32 Å². The molecular formula is C4H6F2N. The Hall–Kier alpha value is -0.180. The molecule has 0 aromatic rings. The molecule has 0 saturated carbocycles. The topological polar surface area (TPSA) is 12.0 Å². The molecule has 0 aromatic heterocycles. The van der Waals surface area contributed by atoms with Crippen LogP contribution in [0.15, 0.2) is 0 Å². The summed E-state index contributed by atoms with van der Waals surface area (Å²) in [5, 5.41) is 2.53. The van der Waals surface area contributed by atoms with Crippen LogP contribution in [-0.4, -0.2) is 19.3 Å². The average molecular weight is 106 g/mol. The van der Waals surface area contributed by atoms with Crippen molar-refractivity contribution in [2.24, 2.45) is 0 Å². The van der Waals surface area contributed by atoms with E-state index in [0.717, 1.165) is 0 Å². The smallest absolute Gasteiger partial charge is 0.193 e. The van der Waals surface area contributed by atoms with Gasteiger partial charge in [-0.1, -0.05) is 0 Å². The van der Waals surface area contributed by atoms with Crippen LogP contribution in [0.5, 0.6) is 0 Å². The normalized spacial score (nSPS) is 34.3. The molecule has 41 valence electrons. The number of halogens is 2. The minimum Gasteiger partial charge on any atom is -0.310 e. The van der Waals surface area contributed by atoms with Crippen molar-refractivity contribution in [2.75, 3.05) is 13.1 Å². The fourth-order valence-electron chi connectivity index (χ4n) is 0.540. The molecule has 1 aliphatic rings. The van der Waals surface area contributed by atoms with Crippen molar-refractivity contribution in [2.45, 2.75) is 6.17 Å². The van der Waals surface area contributed by atoms with Gasteiger partial charge < -0.3 is 5.32 Å². The zero-order chi connectivity index (χ0) is 5.28. The summed E-state index contributed by atoms with van der Waals surface area (Å²) in [7, 11) is 0. The zero-order valence-corrected chi connectivity index (χ0v) is 3.75. The fraction of sp³-hybridized carbons (Fsp3) is 0.750. The van der Waals surface area contributed by atoms with E-state index in [-0.39, 0.29) is 13.1 Å². The molecule has 1 saturated heterocycles. The lowest BCUT2D eigenvalue weighted by Crippen LogP contribution is -2.08. The minimum absolute atomic E-state index is 0.0984. The predicted octanol–water partition coefficient (Wildman–Crippen LogP) is 0.429. The van der Waals surface area contributed by atoms with Crippen molar-refractivity contribution in [1.29, 1.82) is 0 Å². The first-order valence-corrected chi connectivity index (χ1v) is 2.16. The highest BCUT2D eigenvalue weighted by Crippen LogP contribution is 2.14. The third-order valence-corrected chi connectivity index (χ3v) is 0.957. The third-order valence-electron chi connectivity index (χ3n) is 0.957. The van der Waals surface area contributed by atoms with Gasteiger partial charge in [0.05, 0.1) is 0 Å². The molecule has 1 nitrogen and oxygen atoms in total. The molecule has 1 unspecified atom stereocenters. The molecule has 0 amide bonds. The summed E-state index contributed by atoms with van der Waals surface area (Å²) in [6, 6.07) is 0. The minimum atomic E-state index is -1.35. The third kappa shape index (κ3) is 0.881. The Morgan fingerprint density at radius 1 is 1.71 bits per heavy atom. The Morgan fingerprint density at radius 2 is 2.43 bits per heavy atom. The lowest BCUT2D eigenvalue weighted by Gasteiger charge is -1.93. The molecule has 1 aliphatic heterocycles. The predicted molar refractivity (Wildman–Crippen MR) is 22.1 cm³/mol. The summed E-state index contributed by atoms with van der Waals surface area (Å²) in [6.45, 7) is 0.243. The molecule has 1 fully saturated rings. The standard InChI is InChI=1S/C4H6F2N/c5-3-1-7-2-4(3)6/h3,7H,1-2H2. The molecule has 0 aliphatic carbocycles. The van der Waals surface area contributed by atoms with Crippen LogP contribution in [0.25, 0.3) is 0 Å². The zero-order valence-electron chi connectivity index (χ0n) is 3.75. The Kier molecular flexibility index (Phi) is 1.23. The molecule has 1 rings (SSSR count). The maximum Gasteiger partial charge on any atom is 0.193 e. The lowest BCUT2D eigenvalue weighted by molar-refractivity contribution is 0.302. The van der Waals surface area contributed by atoms with Crippen molar-refractivity contribution >= 4 is 0 Å². The molecule has 0 aromatic carbocycles. The van der Waals surface area contributed by atoms with Gasteiger partial charge in [0, 0.05) is 13.1 Å². The van der Waals surface area contributed by atoms with Crippen LogP contribution in [-0.2, 0) is 0 Å².